The largest absolute Gasteiger partial charge is 0.457 e. The highest BCUT2D eigenvalue weighted by atomic mass is 32.1. The van der Waals surface area contributed by atoms with Crippen LogP contribution in [0.2, 0.25) is 0 Å². The summed E-state index contributed by atoms with van der Waals surface area (Å²) in [5.41, 5.74) is 1.04. The van der Waals surface area contributed by atoms with Crippen molar-refractivity contribution in [3.05, 3.63) is 51.7 Å². The molecule has 0 spiro atoms. The van der Waals surface area contributed by atoms with Crippen molar-refractivity contribution >= 4 is 38.9 Å². The van der Waals surface area contributed by atoms with E-state index in [0.717, 1.165) is 41.2 Å². The summed E-state index contributed by atoms with van der Waals surface area (Å²) in [6.07, 6.45) is 2.68. The predicted octanol–water partition coefficient (Wildman–Crippen LogP) is 4.92. The van der Waals surface area contributed by atoms with E-state index in [1.54, 1.807) is 22.7 Å². The number of benzene rings is 1. The minimum absolute atomic E-state index is 0.122. The number of hydrogen-bond acceptors (Lipinski definition) is 6. The molecule has 3 aromatic rings. The topological polar surface area (TPSA) is 42.4 Å². The van der Waals surface area contributed by atoms with Crippen molar-refractivity contribution in [1.82, 2.24) is 9.88 Å². The number of carbonyl (C=O) groups is 1. The second kappa shape index (κ2) is 9.26. The van der Waals surface area contributed by atoms with E-state index in [2.05, 4.69) is 16.0 Å². The molecule has 0 radical (unpaired) electrons. The first-order chi connectivity index (χ1) is 12.6. The number of esters is 1. The zero-order valence-electron chi connectivity index (χ0n) is 15.2. The highest BCUT2D eigenvalue weighted by molar-refractivity contribution is 7.18. The van der Waals surface area contributed by atoms with E-state index in [9.17, 15) is 4.79 Å². The van der Waals surface area contributed by atoms with Crippen molar-refractivity contribution in [1.29, 1.82) is 0 Å². The molecular weight excluding hydrogens is 364 g/mol. The standard InChI is InChI=1S/C20H24N2O2S2/c1-22(2)13-12-16(18-9-6-14-25-18)24-20(23)11-5-10-19-21-15-7-3-4-8-17(15)26-19/h3-4,6-9,14,16H,5,10-13H2,1-2H3/t16-/m0/s1. The van der Waals surface area contributed by atoms with Crippen LogP contribution in [-0.4, -0.2) is 36.5 Å². The molecule has 2 aromatic heterocycles. The lowest BCUT2D eigenvalue weighted by molar-refractivity contribution is -0.149. The molecule has 0 amide bonds. The third-order valence-electron chi connectivity index (χ3n) is 4.08. The quantitative estimate of drug-likeness (QED) is 0.488. The predicted molar refractivity (Wildman–Crippen MR) is 109 cm³/mol. The molecule has 26 heavy (non-hydrogen) atoms. The molecule has 138 valence electrons. The molecule has 0 unspecified atom stereocenters. The maximum atomic E-state index is 12.3. The molecule has 0 aliphatic rings. The molecule has 0 fully saturated rings. The van der Waals surface area contributed by atoms with Crippen LogP contribution in [0.5, 0.6) is 0 Å². The summed E-state index contributed by atoms with van der Waals surface area (Å²) in [7, 11) is 4.07. The van der Waals surface area contributed by atoms with Crippen LogP contribution in [0.4, 0.5) is 0 Å². The molecule has 4 nitrogen and oxygen atoms in total. The van der Waals surface area contributed by atoms with Gasteiger partial charge in [0, 0.05) is 24.3 Å². The molecule has 6 heteroatoms. The number of carbonyl (C=O) groups excluding carboxylic acids is 1. The molecule has 3 rings (SSSR count). The lowest BCUT2D eigenvalue weighted by atomic mass is 10.2. The zero-order valence-corrected chi connectivity index (χ0v) is 16.8. The van der Waals surface area contributed by atoms with Crippen molar-refractivity contribution in [2.75, 3.05) is 20.6 Å². The normalized spacial score (nSPS) is 12.6. The van der Waals surface area contributed by atoms with Crippen molar-refractivity contribution < 1.29 is 9.53 Å². The lowest BCUT2D eigenvalue weighted by Gasteiger charge is -2.19. The van der Waals surface area contributed by atoms with Crippen LogP contribution in [0.3, 0.4) is 0 Å². The molecule has 0 bridgehead atoms. The fourth-order valence-corrected chi connectivity index (χ4v) is 4.54. The maximum Gasteiger partial charge on any atom is 0.306 e. The van der Waals surface area contributed by atoms with Gasteiger partial charge in [-0.25, -0.2) is 4.98 Å². The average Bonchev–Trinajstić information content (AvgIpc) is 3.27. The van der Waals surface area contributed by atoms with Crippen LogP contribution in [-0.2, 0) is 16.0 Å². The van der Waals surface area contributed by atoms with Gasteiger partial charge in [0.15, 0.2) is 0 Å². The van der Waals surface area contributed by atoms with Crippen LogP contribution >= 0.6 is 22.7 Å². The van der Waals surface area contributed by atoms with E-state index < -0.39 is 0 Å². The second-order valence-electron chi connectivity index (χ2n) is 6.51. The van der Waals surface area contributed by atoms with Crippen molar-refractivity contribution in [3.8, 4) is 0 Å². The molecule has 0 saturated carbocycles. The Morgan fingerprint density at radius 1 is 1.23 bits per heavy atom. The molecule has 1 aromatic carbocycles. The van der Waals surface area contributed by atoms with E-state index >= 15 is 0 Å². The number of thiazole rings is 1. The second-order valence-corrected chi connectivity index (χ2v) is 8.61. The SMILES string of the molecule is CN(C)CC[C@H](OC(=O)CCCc1nc2ccccc2s1)c1cccs1. The number of aryl methyl sites for hydroxylation is 1. The fraction of sp³-hybridized carbons (Fsp3) is 0.400. The van der Waals surface area contributed by atoms with Gasteiger partial charge < -0.3 is 9.64 Å². The first kappa shape index (κ1) is 19.0. The third kappa shape index (κ3) is 5.37. The summed E-state index contributed by atoms with van der Waals surface area (Å²) in [6, 6.07) is 12.2. The van der Waals surface area contributed by atoms with Gasteiger partial charge in [-0.1, -0.05) is 18.2 Å². The van der Waals surface area contributed by atoms with E-state index in [0.29, 0.717) is 6.42 Å². The van der Waals surface area contributed by atoms with E-state index in [4.69, 9.17) is 4.74 Å². The van der Waals surface area contributed by atoms with E-state index in [1.807, 2.05) is 49.8 Å². The number of hydrogen-bond donors (Lipinski definition) is 0. The Balaban J connectivity index is 1.49. The number of nitrogens with zero attached hydrogens (tertiary/aromatic N) is 2. The monoisotopic (exact) mass is 388 g/mol. The number of thiophene rings is 1. The van der Waals surface area contributed by atoms with Crippen LogP contribution < -0.4 is 0 Å². The van der Waals surface area contributed by atoms with Gasteiger partial charge in [0.2, 0.25) is 0 Å². The highest BCUT2D eigenvalue weighted by Gasteiger charge is 2.18. The van der Waals surface area contributed by atoms with Gasteiger partial charge in [-0.2, -0.15) is 0 Å². The molecule has 1 atom stereocenters. The first-order valence-corrected chi connectivity index (χ1v) is 10.5. The van der Waals surface area contributed by atoms with Crippen LogP contribution in [0.1, 0.15) is 35.3 Å². The summed E-state index contributed by atoms with van der Waals surface area (Å²) < 4.78 is 6.97. The third-order valence-corrected chi connectivity index (χ3v) is 6.14. The van der Waals surface area contributed by atoms with Gasteiger partial charge in [-0.3, -0.25) is 4.79 Å². The van der Waals surface area contributed by atoms with Gasteiger partial charge in [-0.05, 0) is 50.5 Å². The number of ether oxygens (including phenoxy) is 1. The lowest BCUT2D eigenvalue weighted by Crippen LogP contribution is -2.19. The van der Waals surface area contributed by atoms with Gasteiger partial charge in [-0.15, -0.1) is 22.7 Å². The Hall–Kier alpha value is -1.76. The Morgan fingerprint density at radius 2 is 2.08 bits per heavy atom. The number of fused-ring (bicyclic) bond motifs is 1. The highest BCUT2D eigenvalue weighted by Crippen LogP contribution is 2.27. The number of aromatic nitrogens is 1. The molecule has 0 aliphatic heterocycles. The Labute approximate surface area is 162 Å². The molecule has 0 N–H and O–H groups in total. The molecule has 0 saturated heterocycles. The number of para-hydroxylation sites is 1. The zero-order chi connectivity index (χ0) is 18.4. The number of rotatable bonds is 9. The van der Waals surface area contributed by atoms with E-state index in [1.165, 1.54) is 4.70 Å². The molecule has 0 aliphatic carbocycles. The fourth-order valence-electron chi connectivity index (χ4n) is 2.74. The summed E-state index contributed by atoms with van der Waals surface area (Å²) in [6.45, 7) is 0.890. The van der Waals surface area contributed by atoms with Crippen molar-refractivity contribution in [2.45, 2.75) is 31.8 Å². The van der Waals surface area contributed by atoms with Gasteiger partial charge in [0.05, 0.1) is 15.2 Å². The Bertz CT molecular complexity index is 794. The Kier molecular flexibility index (Phi) is 6.77. The summed E-state index contributed by atoms with van der Waals surface area (Å²) in [5.74, 6) is -0.122. The summed E-state index contributed by atoms with van der Waals surface area (Å²) in [4.78, 5) is 20.2. The smallest absolute Gasteiger partial charge is 0.306 e. The maximum absolute atomic E-state index is 12.3. The van der Waals surface area contributed by atoms with Crippen LogP contribution in [0, 0.1) is 0 Å². The average molecular weight is 389 g/mol. The van der Waals surface area contributed by atoms with Crippen molar-refractivity contribution in [2.24, 2.45) is 0 Å². The van der Waals surface area contributed by atoms with Crippen LogP contribution in [0.25, 0.3) is 10.2 Å². The van der Waals surface area contributed by atoms with Gasteiger partial charge >= 0.3 is 5.97 Å². The molecular formula is C20H24N2O2S2. The Morgan fingerprint density at radius 3 is 2.81 bits per heavy atom. The summed E-state index contributed by atoms with van der Waals surface area (Å²) >= 11 is 3.35. The van der Waals surface area contributed by atoms with Crippen LogP contribution in [0.15, 0.2) is 41.8 Å². The van der Waals surface area contributed by atoms with Gasteiger partial charge in [0.25, 0.3) is 0 Å². The van der Waals surface area contributed by atoms with Crippen molar-refractivity contribution in [3.63, 3.8) is 0 Å². The molecule has 2 heterocycles. The van der Waals surface area contributed by atoms with Gasteiger partial charge in [0.1, 0.15) is 6.10 Å². The minimum atomic E-state index is -0.146. The summed E-state index contributed by atoms with van der Waals surface area (Å²) in [5, 5.41) is 3.11. The minimum Gasteiger partial charge on any atom is -0.457 e. The van der Waals surface area contributed by atoms with E-state index in [-0.39, 0.29) is 12.1 Å². The first-order valence-electron chi connectivity index (χ1n) is 8.84.